The van der Waals surface area contributed by atoms with Crippen molar-refractivity contribution in [2.24, 2.45) is 0 Å². The first-order valence-electron chi connectivity index (χ1n) is 9.51. The molecule has 27 heavy (non-hydrogen) atoms. The maximum absolute atomic E-state index is 12.1. The Morgan fingerprint density at radius 2 is 1.74 bits per heavy atom. The summed E-state index contributed by atoms with van der Waals surface area (Å²) in [5.41, 5.74) is 4.75. The average Bonchev–Trinajstić information content (AvgIpc) is 3.41. The Labute approximate surface area is 159 Å². The molecule has 138 valence electrons. The van der Waals surface area contributed by atoms with Crippen molar-refractivity contribution >= 4 is 5.91 Å². The second kappa shape index (κ2) is 8.23. The molecule has 0 saturated carbocycles. The molecule has 1 aliphatic heterocycles. The van der Waals surface area contributed by atoms with Crippen LogP contribution >= 0.6 is 0 Å². The molecule has 1 N–H and O–H groups in total. The van der Waals surface area contributed by atoms with Gasteiger partial charge in [-0.25, -0.2) is 0 Å². The van der Waals surface area contributed by atoms with Crippen molar-refractivity contribution in [3.63, 3.8) is 0 Å². The fraction of sp³-hybridized carbons (Fsp3) is 0.261. The van der Waals surface area contributed by atoms with E-state index in [1.54, 1.807) is 12.1 Å². The van der Waals surface area contributed by atoms with E-state index in [0.717, 1.165) is 17.7 Å². The van der Waals surface area contributed by atoms with Gasteiger partial charge in [-0.2, -0.15) is 0 Å². The molecule has 4 rings (SSSR count). The zero-order chi connectivity index (χ0) is 18.5. The Kier molecular flexibility index (Phi) is 5.35. The minimum Gasteiger partial charge on any atom is -0.459 e. The van der Waals surface area contributed by atoms with Gasteiger partial charge in [0.05, 0.1) is 6.26 Å². The minimum absolute atomic E-state index is 0.198. The molecule has 0 bridgehead atoms. The molecule has 0 radical (unpaired) electrons. The molecular formula is C23H24N2O2. The van der Waals surface area contributed by atoms with Gasteiger partial charge in [0.15, 0.2) is 5.76 Å². The Morgan fingerprint density at radius 1 is 0.963 bits per heavy atom. The number of nitrogens with zero attached hydrogens (tertiary/aromatic N) is 1. The molecule has 4 nitrogen and oxygen atoms in total. The lowest BCUT2D eigenvalue weighted by Crippen LogP contribution is -2.22. The molecule has 0 atom stereocenters. The molecule has 1 saturated heterocycles. The van der Waals surface area contributed by atoms with E-state index in [-0.39, 0.29) is 5.91 Å². The summed E-state index contributed by atoms with van der Waals surface area (Å²) in [6.45, 7) is 3.91. The first-order valence-corrected chi connectivity index (χ1v) is 9.51. The molecule has 2 heterocycles. The van der Waals surface area contributed by atoms with Crippen molar-refractivity contribution in [1.82, 2.24) is 10.2 Å². The Bertz CT molecular complexity index is 879. The van der Waals surface area contributed by atoms with E-state index >= 15 is 0 Å². The van der Waals surface area contributed by atoms with Crippen LogP contribution in [-0.4, -0.2) is 23.9 Å². The van der Waals surface area contributed by atoms with Crippen LogP contribution in [0.4, 0.5) is 0 Å². The third-order valence-corrected chi connectivity index (χ3v) is 5.07. The summed E-state index contributed by atoms with van der Waals surface area (Å²) in [7, 11) is 0. The lowest BCUT2D eigenvalue weighted by molar-refractivity contribution is 0.0923. The number of nitrogens with one attached hydrogen (secondary N) is 1. The number of benzene rings is 2. The number of rotatable bonds is 6. The van der Waals surface area contributed by atoms with Gasteiger partial charge < -0.3 is 9.73 Å². The van der Waals surface area contributed by atoms with Gasteiger partial charge >= 0.3 is 0 Å². The standard InChI is InChI=1S/C23H24N2O2/c26-23(22-8-5-15-27-22)24-16-20-6-1-2-7-21(20)19-11-9-18(10-12-19)17-25-13-3-4-14-25/h1-2,5-12,15H,3-4,13-14,16-17H2,(H,24,26). The van der Waals surface area contributed by atoms with Gasteiger partial charge in [-0.1, -0.05) is 48.5 Å². The lowest BCUT2D eigenvalue weighted by atomic mass is 9.98. The summed E-state index contributed by atoms with van der Waals surface area (Å²) in [4.78, 5) is 14.6. The van der Waals surface area contributed by atoms with Crippen molar-refractivity contribution in [3.8, 4) is 11.1 Å². The number of amides is 1. The molecule has 2 aromatic carbocycles. The van der Waals surface area contributed by atoms with E-state index in [1.807, 2.05) is 12.1 Å². The highest BCUT2D eigenvalue weighted by Gasteiger charge is 2.13. The van der Waals surface area contributed by atoms with Gasteiger partial charge in [-0.3, -0.25) is 9.69 Å². The van der Waals surface area contributed by atoms with Crippen LogP contribution in [0, 0.1) is 0 Å². The number of hydrogen-bond acceptors (Lipinski definition) is 3. The highest BCUT2D eigenvalue weighted by Crippen LogP contribution is 2.25. The second-order valence-electron chi connectivity index (χ2n) is 7.00. The summed E-state index contributed by atoms with van der Waals surface area (Å²) in [6, 6.07) is 20.4. The largest absolute Gasteiger partial charge is 0.459 e. The quantitative estimate of drug-likeness (QED) is 0.705. The van der Waals surface area contributed by atoms with Crippen molar-refractivity contribution in [2.45, 2.75) is 25.9 Å². The van der Waals surface area contributed by atoms with Gasteiger partial charge in [0, 0.05) is 13.1 Å². The van der Waals surface area contributed by atoms with Gasteiger partial charge in [-0.15, -0.1) is 0 Å². The van der Waals surface area contributed by atoms with Gasteiger partial charge in [-0.05, 0) is 60.3 Å². The molecule has 3 aromatic rings. The summed E-state index contributed by atoms with van der Waals surface area (Å²) in [6.07, 6.45) is 4.14. The molecule has 4 heteroatoms. The van der Waals surface area contributed by atoms with Crippen molar-refractivity contribution in [2.75, 3.05) is 13.1 Å². The number of carbonyl (C=O) groups excluding carboxylic acids is 1. The van der Waals surface area contributed by atoms with Crippen LogP contribution in [0.5, 0.6) is 0 Å². The van der Waals surface area contributed by atoms with Crippen LogP contribution in [-0.2, 0) is 13.1 Å². The number of hydrogen-bond donors (Lipinski definition) is 1. The Morgan fingerprint density at radius 3 is 2.48 bits per heavy atom. The van der Waals surface area contributed by atoms with E-state index in [4.69, 9.17) is 4.42 Å². The van der Waals surface area contributed by atoms with E-state index in [1.165, 1.54) is 43.3 Å². The van der Waals surface area contributed by atoms with Crippen LogP contribution in [0.2, 0.25) is 0 Å². The topological polar surface area (TPSA) is 45.5 Å². The number of carbonyl (C=O) groups is 1. The molecule has 0 unspecified atom stereocenters. The predicted molar refractivity (Wildman–Crippen MR) is 106 cm³/mol. The second-order valence-corrected chi connectivity index (χ2v) is 7.00. The van der Waals surface area contributed by atoms with E-state index in [9.17, 15) is 4.79 Å². The average molecular weight is 360 g/mol. The van der Waals surface area contributed by atoms with E-state index < -0.39 is 0 Å². The van der Waals surface area contributed by atoms with E-state index in [2.05, 4.69) is 46.6 Å². The fourth-order valence-corrected chi connectivity index (χ4v) is 3.62. The van der Waals surface area contributed by atoms with Crippen molar-refractivity contribution in [3.05, 3.63) is 83.8 Å². The zero-order valence-electron chi connectivity index (χ0n) is 15.4. The van der Waals surface area contributed by atoms with E-state index in [0.29, 0.717) is 12.3 Å². The highest BCUT2D eigenvalue weighted by atomic mass is 16.3. The van der Waals surface area contributed by atoms with Gasteiger partial charge in [0.1, 0.15) is 0 Å². The lowest BCUT2D eigenvalue weighted by Gasteiger charge is -2.15. The Balaban J connectivity index is 1.46. The van der Waals surface area contributed by atoms with Crippen LogP contribution in [0.3, 0.4) is 0 Å². The summed E-state index contributed by atoms with van der Waals surface area (Å²) < 4.78 is 5.15. The zero-order valence-corrected chi connectivity index (χ0v) is 15.4. The first-order chi connectivity index (χ1) is 13.3. The van der Waals surface area contributed by atoms with Gasteiger partial charge in [0.25, 0.3) is 5.91 Å². The molecular weight excluding hydrogens is 336 g/mol. The maximum Gasteiger partial charge on any atom is 0.287 e. The van der Waals surface area contributed by atoms with Crippen LogP contribution in [0.25, 0.3) is 11.1 Å². The normalized spacial score (nSPS) is 14.4. The Hall–Kier alpha value is -2.85. The maximum atomic E-state index is 12.1. The SMILES string of the molecule is O=C(NCc1ccccc1-c1ccc(CN2CCCC2)cc1)c1ccco1. The molecule has 1 aromatic heterocycles. The number of furan rings is 1. The van der Waals surface area contributed by atoms with Crippen molar-refractivity contribution < 1.29 is 9.21 Å². The third-order valence-electron chi connectivity index (χ3n) is 5.07. The fourth-order valence-electron chi connectivity index (χ4n) is 3.62. The molecule has 1 aliphatic rings. The predicted octanol–water partition coefficient (Wildman–Crippen LogP) is 4.47. The molecule has 1 amide bonds. The summed E-state index contributed by atoms with van der Waals surface area (Å²) >= 11 is 0. The first kappa shape index (κ1) is 17.6. The molecule has 0 spiro atoms. The molecule has 0 aliphatic carbocycles. The monoisotopic (exact) mass is 360 g/mol. The van der Waals surface area contributed by atoms with Crippen molar-refractivity contribution in [1.29, 1.82) is 0 Å². The van der Waals surface area contributed by atoms with Crippen LogP contribution in [0.15, 0.2) is 71.3 Å². The molecule has 1 fully saturated rings. The van der Waals surface area contributed by atoms with Crippen LogP contribution in [0.1, 0.15) is 34.5 Å². The summed E-state index contributed by atoms with van der Waals surface area (Å²) in [5.74, 6) is 0.134. The number of likely N-dealkylation sites (tertiary alicyclic amines) is 1. The van der Waals surface area contributed by atoms with Gasteiger partial charge in [0.2, 0.25) is 0 Å². The highest BCUT2D eigenvalue weighted by molar-refractivity contribution is 5.91. The minimum atomic E-state index is -0.198. The third kappa shape index (κ3) is 4.29. The van der Waals surface area contributed by atoms with Crippen LogP contribution < -0.4 is 5.32 Å². The smallest absolute Gasteiger partial charge is 0.287 e. The summed E-state index contributed by atoms with van der Waals surface area (Å²) in [5, 5.41) is 2.93.